The van der Waals surface area contributed by atoms with E-state index >= 15 is 0 Å². The van der Waals surface area contributed by atoms with Gasteiger partial charge in [0.15, 0.2) is 0 Å². The Morgan fingerprint density at radius 1 is 1.15 bits per heavy atom. The van der Waals surface area contributed by atoms with Gasteiger partial charge in [-0.15, -0.1) is 11.3 Å². The van der Waals surface area contributed by atoms with Gasteiger partial charge in [-0.25, -0.2) is 4.79 Å². The van der Waals surface area contributed by atoms with Crippen LogP contribution in [-0.4, -0.2) is 26.7 Å². The molecule has 0 unspecified atom stereocenters. The molecule has 1 aliphatic rings. The summed E-state index contributed by atoms with van der Waals surface area (Å²) < 4.78 is 11.1. The zero-order valence-corrected chi connectivity index (χ0v) is 16.2. The topological polar surface area (TPSA) is 38.8 Å². The Morgan fingerprint density at radius 3 is 2.74 bits per heavy atom. The van der Waals surface area contributed by atoms with Gasteiger partial charge in [0, 0.05) is 35.3 Å². The van der Waals surface area contributed by atoms with E-state index in [4.69, 9.17) is 9.47 Å². The van der Waals surface area contributed by atoms with E-state index in [0.717, 1.165) is 41.1 Å². The summed E-state index contributed by atoms with van der Waals surface area (Å²) in [4.78, 5) is 16.1. The van der Waals surface area contributed by atoms with Crippen molar-refractivity contribution < 1.29 is 14.3 Å². The summed E-state index contributed by atoms with van der Waals surface area (Å²) in [7, 11) is 3.51. The fourth-order valence-corrected chi connectivity index (χ4v) is 4.45. The van der Waals surface area contributed by atoms with Crippen LogP contribution in [0.3, 0.4) is 0 Å². The van der Waals surface area contributed by atoms with Gasteiger partial charge in [-0.1, -0.05) is 36.4 Å². The molecule has 5 heteroatoms. The third-order valence-electron chi connectivity index (χ3n) is 4.79. The van der Waals surface area contributed by atoms with Gasteiger partial charge < -0.3 is 14.4 Å². The number of hydrogen-bond donors (Lipinski definition) is 0. The molecular formula is C22H21NO3S. The normalized spacial score (nSPS) is 12.7. The van der Waals surface area contributed by atoms with Gasteiger partial charge in [0.05, 0.1) is 7.11 Å². The zero-order valence-electron chi connectivity index (χ0n) is 15.4. The summed E-state index contributed by atoms with van der Waals surface area (Å²) in [6.45, 7) is 1.40. The fourth-order valence-electron chi connectivity index (χ4n) is 3.38. The van der Waals surface area contributed by atoms with Gasteiger partial charge >= 0.3 is 5.97 Å². The van der Waals surface area contributed by atoms with Crippen molar-refractivity contribution in [3.05, 3.63) is 69.9 Å². The predicted molar refractivity (Wildman–Crippen MR) is 109 cm³/mol. The van der Waals surface area contributed by atoms with E-state index < -0.39 is 0 Å². The van der Waals surface area contributed by atoms with Gasteiger partial charge in [-0.05, 0) is 30.2 Å². The highest BCUT2D eigenvalue weighted by Crippen LogP contribution is 2.45. The molecule has 0 saturated heterocycles. The smallest absolute Gasteiger partial charge is 0.348 e. The molecule has 0 spiro atoms. The van der Waals surface area contributed by atoms with Crippen molar-refractivity contribution >= 4 is 23.0 Å². The number of ether oxygens (including phenoxy) is 2. The van der Waals surface area contributed by atoms with Crippen LogP contribution in [0.15, 0.2) is 54.6 Å². The molecule has 0 N–H and O–H groups in total. The van der Waals surface area contributed by atoms with Crippen molar-refractivity contribution in [1.29, 1.82) is 0 Å². The fraction of sp³-hybridized carbons (Fsp3) is 0.227. The lowest BCUT2D eigenvalue weighted by Gasteiger charge is -2.21. The van der Waals surface area contributed by atoms with E-state index in [0.29, 0.717) is 11.5 Å². The molecule has 0 saturated carbocycles. The van der Waals surface area contributed by atoms with E-state index in [1.54, 1.807) is 0 Å². The first-order chi connectivity index (χ1) is 13.2. The van der Waals surface area contributed by atoms with Crippen molar-refractivity contribution in [2.24, 2.45) is 0 Å². The molecule has 4 rings (SSSR count). The summed E-state index contributed by atoms with van der Waals surface area (Å²) in [5, 5.41) is 0. The molecular weight excluding hydrogens is 358 g/mol. The number of carbonyl (C=O) groups excluding carboxylic acids is 1. The number of benzene rings is 2. The van der Waals surface area contributed by atoms with Crippen molar-refractivity contribution in [3.8, 4) is 16.9 Å². The average Bonchev–Trinajstić information content (AvgIpc) is 3.08. The lowest BCUT2D eigenvalue weighted by molar-refractivity contribution is 0.0606. The number of hydrogen-bond acceptors (Lipinski definition) is 5. The standard InChI is InChI=1S/C22H21NO3S/c1-23-12-11-19-16(13-20(27-19)22(24)25-2)21-17(23)9-6-10-18(21)26-14-15-7-4-3-5-8-15/h3-10,13H,11-12,14H2,1-2H3. The van der Waals surface area contributed by atoms with Gasteiger partial charge in [0.1, 0.15) is 17.2 Å². The van der Waals surface area contributed by atoms with E-state index in [2.05, 4.69) is 30.1 Å². The van der Waals surface area contributed by atoms with Crippen molar-refractivity contribution in [3.63, 3.8) is 0 Å². The molecule has 0 amide bonds. The van der Waals surface area contributed by atoms with Crippen LogP contribution in [0, 0.1) is 0 Å². The molecule has 138 valence electrons. The highest BCUT2D eigenvalue weighted by molar-refractivity contribution is 7.14. The molecule has 3 aromatic rings. The maximum absolute atomic E-state index is 12.0. The second kappa shape index (κ2) is 7.45. The lowest BCUT2D eigenvalue weighted by atomic mass is 10.0. The number of methoxy groups -OCH3 is 1. The van der Waals surface area contributed by atoms with E-state index in [1.165, 1.54) is 23.3 Å². The average molecular weight is 379 g/mol. The highest BCUT2D eigenvalue weighted by atomic mass is 32.1. The quantitative estimate of drug-likeness (QED) is 0.612. The number of esters is 1. The summed E-state index contributed by atoms with van der Waals surface area (Å²) in [5.74, 6) is 0.547. The molecule has 0 bridgehead atoms. The number of thiophene rings is 1. The van der Waals surface area contributed by atoms with E-state index in [-0.39, 0.29) is 5.97 Å². The maximum Gasteiger partial charge on any atom is 0.348 e. The first kappa shape index (κ1) is 17.6. The molecule has 2 heterocycles. The van der Waals surface area contributed by atoms with Crippen LogP contribution >= 0.6 is 11.3 Å². The lowest BCUT2D eigenvalue weighted by Crippen LogP contribution is -2.19. The predicted octanol–water partition coefficient (Wildman–Crippen LogP) is 4.77. The van der Waals surface area contributed by atoms with Crippen molar-refractivity contribution in [2.75, 3.05) is 25.6 Å². The maximum atomic E-state index is 12.0. The Labute approximate surface area is 163 Å². The molecule has 0 radical (unpaired) electrons. The highest BCUT2D eigenvalue weighted by Gasteiger charge is 2.25. The van der Waals surface area contributed by atoms with Gasteiger partial charge in [0.25, 0.3) is 0 Å². The molecule has 0 aliphatic carbocycles. The van der Waals surface area contributed by atoms with Crippen molar-refractivity contribution in [1.82, 2.24) is 0 Å². The molecule has 0 fully saturated rings. The van der Waals surface area contributed by atoms with Crippen LogP contribution in [0.5, 0.6) is 5.75 Å². The number of nitrogens with zero attached hydrogens (tertiary/aromatic N) is 1. The Kier molecular flexibility index (Phi) is 4.86. The summed E-state index contributed by atoms with van der Waals surface area (Å²) in [5.41, 5.74) is 4.37. The number of likely N-dealkylation sites (N-methyl/N-ethyl adjacent to an activating group) is 1. The number of fused-ring (bicyclic) bond motifs is 3. The third-order valence-corrected chi connectivity index (χ3v) is 5.97. The first-order valence-corrected chi connectivity index (χ1v) is 9.71. The van der Waals surface area contributed by atoms with Crippen LogP contribution in [0.4, 0.5) is 5.69 Å². The second-order valence-electron chi connectivity index (χ2n) is 6.54. The van der Waals surface area contributed by atoms with Gasteiger partial charge in [-0.3, -0.25) is 0 Å². The minimum absolute atomic E-state index is 0.286. The van der Waals surface area contributed by atoms with Gasteiger partial charge in [-0.2, -0.15) is 0 Å². The number of anilines is 1. The zero-order chi connectivity index (χ0) is 18.8. The summed E-state index contributed by atoms with van der Waals surface area (Å²) in [6, 6.07) is 18.2. The SMILES string of the molecule is COC(=O)c1cc2c(s1)CCN(C)c1cccc(OCc3ccccc3)c1-2. The summed E-state index contributed by atoms with van der Waals surface area (Å²) >= 11 is 1.51. The van der Waals surface area contributed by atoms with Crippen molar-refractivity contribution in [2.45, 2.75) is 13.0 Å². The number of rotatable bonds is 4. The van der Waals surface area contributed by atoms with E-state index in [9.17, 15) is 4.79 Å². The van der Waals surface area contributed by atoms with Crippen LogP contribution in [0.2, 0.25) is 0 Å². The van der Waals surface area contributed by atoms with Crippen LogP contribution in [0.25, 0.3) is 11.1 Å². The summed E-state index contributed by atoms with van der Waals surface area (Å²) in [6.07, 6.45) is 0.889. The van der Waals surface area contributed by atoms with Crippen LogP contribution < -0.4 is 9.64 Å². The van der Waals surface area contributed by atoms with Gasteiger partial charge in [0.2, 0.25) is 0 Å². The monoisotopic (exact) mass is 379 g/mol. The number of carbonyl (C=O) groups is 1. The molecule has 1 aliphatic heterocycles. The molecule has 0 atom stereocenters. The molecule has 27 heavy (non-hydrogen) atoms. The molecule has 1 aromatic heterocycles. The Hall–Kier alpha value is -2.79. The third kappa shape index (κ3) is 3.43. The van der Waals surface area contributed by atoms with E-state index in [1.807, 2.05) is 36.4 Å². The first-order valence-electron chi connectivity index (χ1n) is 8.89. The van der Waals surface area contributed by atoms with Crippen LogP contribution in [-0.2, 0) is 17.8 Å². The molecule has 4 nitrogen and oxygen atoms in total. The Bertz CT molecular complexity index is 965. The Morgan fingerprint density at radius 2 is 1.96 bits per heavy atom. The Balaban J connectivity index is 1.77. The minimum atomic E-state index is -0.286. The van der Waals surface area contributed by atoms with Crippen LogP contribution in [0.1, 0.15) is 20.1 Å². The largest absolute Gasteiger partial charge is 0.488 e. The minimum Gasteiger partial charge on any atom is -0.488 e. The second-order valence-corrected chi connectivity index (χ2v) is 7.67. The molecule has 2 aromatic carbocycles.